The second kappa shape index (κ2) is 7.92. The van der Waals surface area contributed by atoms with Crippen molar-refractivity contribution in [3.8, 4) is 0 Å². The van der Waals surface area contributed by atoms with E-state index in [1.165, 1.54) is 11.5 Å². The van der Waals surface area contributed by atoms with Crippen molar-refractivity contribution in [1.29, 1.82) is 0 Å². The monoisotopic (exact) mass is 392 g/mol. The molecule has 1 fully saturated rings. The van der Waals surface area contributed by atoms with Crippen molar-refractivity contribution in [1.82, 2.24) is 14.3 Å². The summed E-state index contributed by atoms with van der Waals surface area (Å²) in [4.78, 5) is 21.5. The summed E-state index contributed by atoms with van der Waals surface area (Å²) in [5.74, 6) is 1.05. The summed E-state index contributed by atoms with van der Waals surface area (Å²) < 4.78 is 4.51. The van der Waals surface area contributed by atoms with Crippen LogP contribution >= 0.6 is 23.1 Å². The van der Waals surface area contributed by atoms with Crippen LogP contribution in [-0.4, -0.2) is 46.3 Å². The van der Waals surface area contributed by atoms with E-state index < -0.39 is 0 Å². The first-order chi connectivity index (χ1) is 12.3. The van der Waals surface area contributed by atoms with E-state index in [1.807, 2.05) is 49.9 Å². The van der Waals surface area contributed by atoms with Gasteiger partial charge in [-0.3, -0.25) is 4.79 Å². The molecule has 0 atom stereocenters. The summed E-state index contributed by atoms with van der Waals surface area (Å²) in [6, 6.07) is 7.79. The van der Waals surface area contributed by atoms with E-state index >= 15 is 0 Å². The second-order valence-corrected chi connectivity index (χ2v) is 8.85. The number of hydrogen-bond acceptors (Lipinski definition) is 5. The standard InChI is InChI=1S/C19H25ClN4OS/c1-19(2,3)17(25)23-9-4-10-24(12-11-23)18-21-16(22-26-18)13-14-5-7-15(20)8-6-14/h5-8H,4,9-13H2,1-3H3. The average Bonchev–Trinajstić information content (AvgIpc) is 2.91. The van der Waals surface area contributed by atoms with Gasteiger partial charge in [0.1, 0.15) is 5.82 Å². The molecule has 0 saturated carbocycles. The molecule has 5 nitrogen and oxygen atoms in total. The molecule has 1 amide bonds. The number of nitrogens with zero attached hydrogens (tertiary/aromatic N) is 4. The molecule has 0 unspecified atom stereocenters. The number of benzene rings is 1. The Morgan fingerprint density at radius 3 is 2.58 bits per heavy atom. The average molecular weight is 393 g/mol. The van der Waals surface area contributed by atoms with Crippen molar-refractivity contribution in [3.05, 3.63) is 40.7 Å². The Labute approximate surface area is 164 Å². The van der Waals surface area contributed by atoms with Gasteiger partial charge in [-0.15, -0.1) is 0 Å². The number of halogens is 1. The van der Waals surface area contributed by atoms with Gasteiger partial charge in [0, 0.05) is 54.6 Å². The van der Waals surface area contributed by atoms with E-state index in [0.717, 1.165) is 54.1 Å². The maximum Gasteiger partial charge on any atom is 0.228 e. The van der Waals surface area contributed by atoms with E-state index in [0.29, 0.717) is 6.42 Å². The van der Waals surface area contributed by atoms with E-state index in [4.69, 9.17) is 16.6 Å². The molecule has 0 aliphatic carbocycles. The summed E-state index contributed by atoms with van der Waals surface area (Å²) in [6.07, 6.45) is 1.66. The molecule has 0 N–H and O–H groups in total. The molecule has 0 spiro atoms. The Morgan fingerprint density at radius 1 is 1.15 bits per heavy atom. The molecule has 1 aliphatic heterocycles. The zero-order chi connectivity index (χ0) is 18.7. The molecular weight excluding hydrogens is 368 g/mol. The van der Waals surface area contributed by atoms with Crippen LogP contribution < -0.4 is 4.90 Å². The summed E-state index contributed by atoms with van der Waals surface area (Å²) in [5.41, 5.74) is 0.820. The highest BCUT2D eigenvalue weighted by Crippen LogP contribution is 2.23. The predicted molar refractivity (Wildman–Crippen MR) is 107 cm³/mol. The minimum Gasteiger partial charge on any atom is -0.345 e. The number of rotatable bonds is 3. The van der Waals surface area contributed by atoms with Gasteiger partial charge in [-0.25, -0.2) is 4.98 Å². The highest BCUT2D eigenvalue weighted by atomic mass is 35.5. The molecule has 1 aromatic heterocycles. The van der Waals surface area contributed by atoms with Gasteiger partial charge in [0.2, 0.25) is 11.0 Å². The Bertz CT molecular complexity index is 754. The van der Waals surface area contributed by atoms with Gasteiger partial charge in [-0.1, -0.05) is 44.5 Å². The molecule has 3 rings (SSSR count). The van der Waals surface area contributed by atoms with Crippen LogP contribution in [0.3, 0.4) is 0 Å². The molecule has 1 saturated heterocycles. The number of aromatic nitrogens is 2. The maximum atomic E-state index is 12.5. The number of carbonyl (C=O) groups excluding carboxylic acids is 1. The van der Waals surface area contributed by atoms with E-state index in [-0.39, 0.29) is 11.3 Å². The van der Waals surface area contributed by atoms with Crippen LogP contribution in [0.15, 0.2) is 24.3 Å². The van der Waals surface area contributed by atoms with Crippen LogP contribution in [0, 0.1) is 5.41 Å². The van der Waals surface area contributed by atoms with Crippen LogP contribution in [0.1, 0.15) is 38.6 Å². The molecule has 0 bridgehead atoms. The first-order valence-corrected chi connectivity index (χ1v) is 10.1. The number of carbonyl (C=O) groups is 1. The SMILES string of the molecule is CC(C)(C)C(=O)N1CCCN(c2nc(Cc3ccc(Cl)cc3)ns2)CC1. The van der Waals surface area contributed by atoms with Gasteiger partial charge in [0.15, 0.2) is 0 Å². The van der Waals surface area contributed by atoms with Gasteiger partial charge in [-0.2, -0.15) is 4.37 Å². The van der Waals surface area contributed by atoms with E-state index in [9.17, 15) is 4.79 Å². The van der Waals surface area contributed by atoms with Crippen LogP contribution in [0.5, 0.6) is 0 Å². The van der Waals surface area contributed by atoms with Crippen LogP contribution in [0.25, 0.3) is 0 Å². The van der Waals surface area contributed by atoms with Gasteiger partial charge in [0.05, 0.1) is 0 Å². The third kappa shape index (κ3) is 4.74. The van der Waals surface area contributed by atoms with E-state index in [2.05, 4.69) is 9.27 Å². The fourth-order valence-corrected chi connectivity index (χ4v) is 3.88. The lowest BCUT2D eigenvalue weighted by Gasteiger charge is -2.28. The van der Waals surface area contributed by atoms with Crippen LogP contribution in [0.4, 0.5) is 5.13 Å². The summed E-state index contributed by atoms with van der Waals surface area (Å²) in [7, 11) is 0. The number of hydrogen-bond donors (Lipinski definition) is 0. The van der Waals surface area contributed by atoms with Gasteiger partial charge in [-0.05, 0) is 24.1 Å². The zero-order valence-corrected chi connectivity index (χ0v) is 17.1. The first-order valence-electron chi connectivity index (χ1n) is 8.94. The fraction of sp³-hybridized carbons (Fsp3) is 0.526. The fourth-order valence-electron chi connectivity index (χ4n) is 3.02. The van der Waals surface area contributed by atoms with Gasteiger partial charge in [0.25, 0.3) is 0 Å². The highest BCUT2D eigenvalue weighted by molar-refractivity contribution is 7.09. The lowest BCUT2D eigenvalue weighted by atomic mass is 9.94. The molecule has 2 aromatic rings. The van der Waals surface area contributed by atoms with Crippen molar-refractivity contribution in [2.45, 2.75) is 33.6 Å². The topological polar surface area (TPSA) is 49.3 Å². The number of anilines is 1. The Kier molecular flexibility index (Phi) is 5.82. The van der Waals surface area contributed by atoms with Gasteiger partial charge < -0.3 is 9.80 Å². The summed E-state index contributed by atoms with van der Waals surface area (Å²) in [5, 5.41) is 1.68. The molecule has 26 heavy (non-hydrogen) atoms. The van der Waals surface area contributed by atoms with Gasteiger partial charge >= 0.3 is 0 Å². The predicted octanol–water partition coefficient (Wildman–Crippen LogP) is 3.87. The molecule has 1 aromatic carbocycles. The smallest absolute Gasteiger partial charge is 0.228 e. The van der Waals surface area contributed by atoms with Crippen molar-refractivity contribution < 1.29 is 4.79 Å². The molecular formula is C19H25ClN4OS. The van der Waals surface area contributed by atoms with Crippen molar-refractivity contribution in [2.75, 3.05) is 31.1 Å². The molecule has 2 heterocycles. The number of amides is 1. The summed E-state index contributed by atoms with van der Waals surface area (Å²) in [6.45, 7) is 9.19. The maximum absolute atomic E-state index is 12.5. The Balaban J connectivity index is 1.62. The lowest BCUT2D eigenvalue weighted by Crippen LogP contribution is -2.41. The third-order valence-corrected chi connectivity index (χ3v) is 5.49. The minimum absolute atomic E-state index is 0.222. The normalized spacial score (nSPS) is 15.8. The highest BCUT2D eigenvalue weighted by Gasteiger charge is 2.29. The van der Waals surface area contributed by atoms with E-state index in [1.54, 1.807) is 0 Å². The van der Waals surface area contributed by atoms with Crippen molar-refractivity contribution in [2.24, 2.45) is 5.41 Å². The molecule has 7 heteroatoms. The molecule has 0 radical (unpaired) electrons. The largest absolute Gasteiger partial charge is 0.345 e. The van der Waals surface area contributed by atoms with Crippen LogP contribution in [0.2, 0.25) is 5.02 Å². The quantitative estimate of drug-likeness (QED) is 0.795. The lowest BCUT2D eigenvalue weighted by molar-refractivity contribution is -0.139. The molecule has 1 aliphatic rings. The van der Waals surface area contributed by atoms with Crippen LogP contribution in [-0.2, 0) is 11.2 Å². The Hall–Kier alpha value is -1.66. The Morgan fingerprint density at radius 2 is 1.88 bits per heavy atom. The third-order valence-electron chi connectivity index (χ3n) is 4.43. The summed E-state index contributed by atoms with van der Waals surface area (Å²) >= 11 is 7.37. The first kappa shape index (κ1) is 19.1. The zero-order valence-electron chi connectivity index (χ0n) is 15.5. The van der Waals surface area contributed by atoms with Crippen molar-refractivity contribution in [3.63, 3.8) is 0 Å². The molecule has 140 valence electrons. The minimum atomic E-state index is -0.330. The second-order valence-electron chi connectivity index (χ2n) is 7.68. The van der Waals surface area contributed by atoms with Crippen molar-refractivity contribution >= 4 is 34.2 Å².